The zero-order valence-electron chi connectivity index (χ0n) is 21.0. The van der Waals surface area contributed by atoms with Crippen LogP contribution in [0.4, 0.5) is 0 Å². The Balaban J connectivity index is 1.63. The van der Waals surface area contributed by atoms with Crippen molar-refractivity contribution in [2.24, 2.45) is 5.92 Å². The molecule has 11 nitrogen and oxygen atoms in total. The van der Waals surface area contributed by atoms with Crippen LogP contribution in [0.5, 0.6) is 17.2 Å². The van der Waals surface area contributed by atoms with Crippen LogP contribution < -0.4 is 4.74 Å². The number of benzene rings is 2. The fourth-order valence-electron chi connectivity index (χ4n) is 6.70. The van der Waals surface area contributed by atoms with Crippen LogP contribution in [0, 0.1) is 12.8 Å². The maximum Gasteiger partial charge on any atom is 0.335 e. The van der Waals surface area contributed by atoms with Gasteiger partial charge in [0.15, 0.2) is 5.78 Å². The molecule has 1 heterocycles. The summed E-state index contributed by atoms with van der Waals surface area (Å²) in [4.78, 5) is 24.1. The van der Waals surface area contributed by atoms with Gasteiger partial charge in [0.2, 0.25) is 6.29 Å². The van der Waals surface area contributed by atoms with E-state index in [9.17, 15) is 45.3 Å². The van der Waals surface area contributed by atoms with Crippen LogP contribution in [0.2, 0.25) is 0 Å². The lowest BCUT2D eigenvalue weighted by molar-refractivity contribution is -0.361. The summed E-state index contributed by atoms with van der Waals surface area (Å²) in [7, 11) is 0. The molecule has 7 atom stereocenters. The predicted octanol–water partition coefficient (Wildman–Crippen LogP) is 1.73. The van der Waals surface area contributed by atoms with Crippen molar-refractivity contribution in [2.75, 3.05) is 0 Å². The molecule has 0 radical (unpaired) electrons. The van der Waals surface area contributed by atoms with E-state index in [1.54, 1.807) is 0 Å². The van der Waals surface area contributed by atoms with E-state index in [1.165, 1.54) is 13.8 Å². The van der Waals surface area contributed by atoms with Crippen LogP contribution in [0.1, 0.15) is 71.7 Å². The van der Waals surface area contributed by atoms with E-state index in [4.69, 9.17) is 9.47 Å². The minimum atomic E-state index is -1.95. The van der Waals surface area contributed by atoms with E-state index in [1.807, 2.05) is 0 Å². The second-order valence-electron chi connectivity index (χ2n) is 10.9. The number of carboxylic acids is 1. The standard InChI is InChI=1S/C27H32O11/c1-11-17(12(2)28)20(30)18-15(19(11)29)9-13(23(33)34)10-16(18)37-24-21(31)22(32)27(36)8-6-14-5-3-4-7-26(14,35)25(27)38-24/h9-10,14,21-22,24-25,29-32,35-36H,3-8H2,1-2H3,(H,33,34)/t14-,21+,22+,24+,25+,26-,27-/m0/s1. The first-order chi connectivity index (χ1) is 17.8. The number of hydrogen-bond acceptors (Lipinski definition) is 10. The topological polar surface area (TPSA) is 194 Å². The van der Waals surface area contributed by atoms with Crippen LogP contribution in [-0.4, -0.2) is 83.3 Å². The van der Waals surface area contributed by atoms with Gasteiger partial charge in [0.1, 0.15) is 41.2 Å². The van der Waals surface area contributed by atoms with Gasteiger partial charge in [-0.3, -0.25) is 4.79 Å². The highest BCUT2D eigenvalue weighted by Crippen LogP contribution is 2.53. The second kappa shape index (κ2) is 9.06. The molecule has 206 valence electrons. The molecule has 38 heavy (non-hydrogen) atoms. The number of aliphatic hydroxyl groups excluding tert-OH is 2. The van der Waals surface area contributed by atoms with Crippen LogP contribution in [-0.2, 0) is 4.74 Å². The molecule has 2 aromatic carbocycles. The molecule has 0 bridgehead atoms. The Labute approximate surface area is 217 Å². The lowest BCUT2D eigenvalue weighted by Crippen LogP contribution is -2.76. The van der Waals surface area contributed by atoms with Crippen molar-refractivity contribution in [1.82, 2.24) is 0 Å². The molecule has 11 heteroatoms. The van der Waals surface area contributed by atoms with Crippen molar-refractivity contribution in [1.29, 1.82) is 0 Å². The zero-order valence-corrected chi connectivity index (χ0v) is 21.0. The summed E-state index contributed by atoms with van der Waals surface area (Å²) in [5.74, 6) is -3.49. The van der Waals surface area contributed by atoms with Crippen molar-refractivity contribution in [2.45, 2.75) is 88.2 Å². The van der Waals surface area contributed by atoms with Gasteiger partial charge < -0.3 is 45.2 Å². The molecule has 1 aliphatic heterocycles. The van der Waals surface area contributed by atoms with Gasteiger partial charge in [-0.15, -0.1) is 0 Å². The second-order valence-corrected chi connectivity index (χ2v) is 10.9. The van der Waals surface area contributed by atoms with Gasteiger partial charge in [-0.2, -0.15) is 0 Å². The Hall–Kier alpha value is -2.96. The maximum atomic E-state index is 12.3. The first-order valence-corrected chi connectivity index (χ1v) is 12.7. The summed E-state index contributed by atoms with van der Waals surface area (Å²) in [6.07, 6.45) is -3.48. The average molecular weight is 533 g/mol. The van der Waals surface area contributed by atoms with E-state index in [0.717, 1.165) is 18.6 Å². The molecule has 2 saturated carbocycles. The molecule has 5 rings (SSSR count). The molecule has 3 aliphatic rings. The van der Waals surface area contributed by atoms with E-state index >= 15 is 0 Å². The Kier molecular flexibility index (Phi) is 6.35. The first kappa shape index (κ1) is 26.6. The zero-order chi connectivity index (χ0) is 27.7. The van der Waals surface area contributed by atoms with Crippen molar-refractivity contribution in [3.8, 4) is 17.2 Å². The number of aliphatic hydroxyl groups is 4. The lowest BCUT2D eigenvalue weighted by Gasteiger charge is -2.59. The average Bonchev–Trinajstić information content (AvgIpc) is 2.86. The number of aromatic hydroxyl groups is 2. The fraction of sp³-hybridized carbons (Fsp3) is 0.556. The minimum absolute atomic E-state index is 0.0400. The number of hydrogen-bond donors (Lipinski definition) is 7. The Morgan fingerprint density at radius 3 is 2.39 bits per heavy atom. The third-order valence-electron chi connectivity index (χ3n) is 8.68. The number of carbonyl (C=O) groups is 2. The highest BCUT2D eigenvalue weighted by molar-refractivity contribution is 6.11. The molecule has 0 spiro atoms. The highest BCUT2D eigenvalue weighted by Gasteiger charge is 2.66. The molecule has 1 saturated heterocycles. The highest BCUT2D eigenvalue weighted by atomic mass is 16.7. The van der Waals surface area contributed by atoms with E-state index in [2.05, 4.69) is 0 Å². The third-order valence-corrected chi connectivity index (χ3v) is 8.68. The molecule has 3 fully saturated rings. The number of carbonyl (C=O) groups excluding carboxylic acids is 1. The number of phenols is 2. The molecule has 0 amide bonds. The van der Waals surface area contributed by atoms with Gasteiger partial charge in [-0.05, 0) is 57.6 Å². The molecule has 7 N–H and O–H groups in total. The first-order valence-electron chi connectivity index (χ1n) is 12.7. The maximum absolute atomic E-state index is 12.3. The van der Waals surface area contributed by atoms with Gasteiger partial charge in [0, 0.05) is 10.9 Å². The number of ether oxygens (including phenoxy) is 2. The normalized spacial score (nSPS) is 34.8. The summed E-state index contributed by atoms with van der Waals surface area (Å²) in [6, 6.07) is 2.14. The number of rotatable bonds is 4. The van der Waals surface area contributed by atoms with E-state index < -0.39 is 59.1 Å². The van der Waals surface area contributed by atoms with Crippen molar-refractivity contribution in [3.63, 3.8) is 0 Å². The number of aromatic carboxylic acids is 1. The Morgan fingerprint density at radius 1 is 1.03 bits per heavy atom. The number of Topliss-reactive ketones (excluding diaryl/α,β-unsaturated/α-hetero) is 1. The SMILES string of the molecule is CC(=O)c1c(C)c(O)c2cc(C(=O)O)cc(O[C@@H]3O[C@H]4[C@](O)(CC[C@@H]5CCCC[C@]54O)[C@H](O)[C@H]3O)c2c1O. The van der Waals surface area contributed by atoms with Gasteiger partial charge in [0.25, 0.3) is 0 Å². The van der Waals surface area contributed by atoms with Gasteiger partial charge in [-0.25, -0.2) is 4.79 Å². The lowest BCUT2D eigenvalue weighted by atomic mass is 9.58. The number of phenolic OH excluding ortho intramolecular Hbond substituents is 2. The molecular weight excluding hydrogens is 500 g/mol. The summed E-state index contributed by atoms with van der Waals surface area (Å²) >= 11 is 0. The van der Waals surface area contributed by atoms with Crippen molar-refractivity contribution in [3.05, 3.63) is 28.8 Å². The van der Waals surface area contributed by atoms with Crippen molar-refractivity contribution < 1.29 is 54.8 Å². The Morgan fingerprint density at radius 2 is 1.74 bits per heavy atom. The predicted molar refractivity (Wildman–Crippen MR) is 131 cm³/mol. The number of ketones is 1. The number of fused-ring (bicyclic) bond motifs is 4. The Bertz CT molecular complexity index is 1320. The quantitative estimate of drug-likeness (QED) is 0.224. The summed E-state index contributed by atoms with van der Waals surface area (Å²) in [5, 5.41) is 76.0. The van der Waals surface area contributed by atoms with Crippen molar-refractivity contribution >= 4 is 22.5 Å². The van der Waals surface area contributed by atoms with Crippen LogP contribution in [0.15, 0.2) is 12.1 Å². The molecule has 2 aromatic rings. The van der Waals surface area contributed by atoms with Gasteiger partial charge in [0.05, 0.1) is 22.1 Å². The van der Waals surface area contributed by atoms with Crippen LogP contribution >= 0.6 is 0 Å². The fourth-order valence-corrected chi connectivity index (χ4v) is 6.70. The van der Waals surface area contributed by atoms with Crippen LogP contribution in [0.3, 0.4) is 0 Å². The molecular formula is C27H32O11. The summed E-state index contributed by atoms with van der Waals surface area (Å²) < 4.78 is 11.9. The largest absolute Gasteiger partial charge is 0.507 e. The van der Waals surface area contributed by atoms with Gasteiger partial charge in [-0.1, -0.05) is 12.8 Å². The van der Waals surface area contributed by atoms with E-state index in [0.29, 0.717) is 25.7 Å². The summed E-state index contributed by atoms with van der Waals surface area (Å²) in [6.45, 7) is 2.59. The summed E-state index contributed by atoms with van der Waals surface area (Å²) in [5.41, 5.74) is -3.93. The van der Waals surface area contributed by atoms with Crippen LogP contribution in [0.25, 0.3) is 10.8 Å². The van der Waals surface area contributed by atoms with Gasteiger partial charge >= 0.3 is 5.97 Å². The monoisotopic (exact) mass is 532 g/mol. The smallest absolute Gasteiger partial charge is 0.335 e. The third kappa shape index (κ3) is 3.76. The minimum Gasteiger partial charge on any atom is -0.507 e. The van der Waals surface area contributed by atoms with E-state index in [-0.39, 0.29) is 45.6 Å². The molecule has 2 aliphatic carbocycles. The number of carboxylic acid groups (broad SMARTS) is 1. The molecule has 0 unspecified atom stereocenters. The molecule has 0 aromatic heterocycles.